The first-order chi connectivity index (χ1) is 11.0. The van der Waals surface area contributed by atoms with Crippen molar-refractivity contribution in [2.75, 3.05) is 19.6 Å². The number of carboxylic acid groups (broad SMARTS) is 1. The van der Waals surface area contributed by atoms with Gasteiger partial charge < -0.3 is 33.9 Å². The van der Waals surface area contributed by atoms with Crippen LogP contribution in [0.25, 0.3) is 0 Å². The third-order valence-corrected chi connectivity index (χ3v) is 3.02. The van der Waals surface area contributed by atoms with E-state index >= 15 is 0 Å². The average molecular weight is 359 g/mol. The van der Waals surface area contributed by atoms with Gasteiger partial charge in [0, 0.05) is 19.2 Å². The van der Waals surface area contributed by atoms with E-state index in [4.69, 9.17) is 10.8 Å². The van der Waals surface area contributed by atoms with Crippen molar-refractivity contribution in [3.8, 4) is 0 Å². The molecule has 1 heterocycles. The van der Waals surface area contributed by atoms with Gasteiger partial charge in [-0.2, -0.15) is 4.57 Å². The van der Waals surface area contributed by atoms with E-state index in [0.29, 0.717) is 18.7 Å². The van der Waals surface area contributed by atoms with Crippen molar-refractivity contribution in [3.63, 3.8) is 0 Å². The molecule has 0 aliphatic carbocycles. The molecule has 5 N–H and O–H groups in total. The molecule has 0 spiro atoms. The summed E-state index contributed by atoms with van der Waals surface area (Å²) in [7, 11) is 0. The second-order valence-corrected chi connectivity index (χ2v) is 5.01. The highest BCUT2D eigenvalue weighted by atomic mass is 35.5. The first kappa shape index (κ1) is 21.8. The van der Waals surface area contributed by atoms with Gasteiger partial charge in [0.25, 0.3) is 11.8 Å². The van der Waals surface area contributed by atoms with Crippen molar-refractivity contribution in [2.45, 2.75) is 25.8 Å². The quantitative estimate of drug-likeness (QED) is 0.251. The molecule has 0 aliphatic heterocycles. The number of hydrogen-bond acceptors (Lipinski definition) is 4. The van der Waals surface area contributed by atoms with Crippen LogP contribution in [0.2, 0.25) is 0 Å². The summed E-state index contributed by atoms with van der Waals surface area (Å²) < 4.78 is 1.57. The molecule has 0 saturated carbocycles. The molecule has 0 fully saturated rings. The Labute approximate surface area is 146 Å². The van der Waals surface area contributed by atoms with Gasteiger partial charge in [0.15, 0.2) is 12.4 Å². The molecule has 0 saturated heterocycles. The van der Waals surface area contributed by atoms with E-state index in [-0.39, 0.29) is 43.7 Å². The normalized spacial score (nSPS) is 9.71. The number of nitrogens with zero attached hydrogens (tertiary/aromatic N) is 1. The third-order valence-electron chi connectivity index (χ3n) is 3.02. The summed E-state index contributed by atoms with van der Waals surface area (Å²) in [6.07, 6.45) is 4.80. The van der Waals surface area contributed by atoms with Crippen LogP contribution in [0.5, 0.6) is 0 Å². The minimum atomic E-state index is -0.966. The number of carboxylic acids is 1. The Morgan fingerprint density at radius 2 is 1.92 bits per heavy atom. The van der Waals surface area contributed by atoms with Gasteiger partial charge in [-0.3, -0.25) is 14.4 Å². The van der Waals surface area contributed by atoms with Crippen LogP contribution in [0.3, 0.4) is 0 Å². The van der Waals surface area contributed by atoms with Gasteiger partial charge >= 0.3 is 5.97 Å². The Bertz CT molecular complexity index is 554. The van der Waals surface area contributed by atoms with Gasteiger partial charge in [-0.05, 0) is 25.5 Å². The highest BCUT2D eigenvalue weighted by Crippen LogP contribution is 1.95. The van der Waals surface area contributed by atoms with E-state index in [0.717, 1.165) is 12.8 Å². The lowest BCUT2D eigenvalue weighted by Gasteiger charge is -2.04. The number of hydrogen-bond donors (Lipinski definition) is 4. The number of carbonyl (C=O) groups is 3. The number of carbonyl (C=O) groups excluding carboxylic acids is 2. The minimum Gasteiger partial charge on any atom is -1.00 e. The van der Waals surface area contributed by atoms with E-state index in [1.54, 1.807) is 29.1 Å². The van der Waals surface area contributed by atoms with Crippen molar-refractivity contribution in [2.24, 2.45) is 5.73 Å². The molecule has 2 amide bonds. The number of amides is 2. The summed E-state index contributed by atoms with van der Waals surface area (Å²) in [6, 6.07) is 3.34. The molecule has 0 bridgehead atoms. The van der Waals surface area contributed by atoms with Crippen LogP contribution >= 0.6 is 0 Å². The Hall–Kier alpha value is -2.19. The Morgan fingerprint density at radius 3 is 2.58 bits per heavy atom. The number of pyridine rings is 1. The number of halogens is 1. The molecule has 1 rings (SSSR count). The fourth-order valence-electron chi connectivity index (χ4n) is 1.86. The smallest absolute Gasteiger partial charge is 0.305 e. The van der Waals surface area contributed by atoms with Crippen LogP contribution in [0.1, 0.15) is 29.6 Å². The largest absolute Gasteiger partial charge is 1.00 e. The standard InChI is InChI=1S/C15H22N4O4.ClH/c16-6-1-2-7-18-15(23)12-4-3-9-19(10-12)11-13(20)17-8-5-14(21)22;/h3-4,9-10H,1-2,5-8,11,16H2,(H2-,17,18,20,21,22,23);1H. The maximum Gasteiger partial charge on any atom is 0.305 e. The monoisotopic (exact) mass is 358 g/mol. The Morgan fingerprint density at radius 1 is 1.17 bits per heavy atom. The summed E-state index contributed by atoms with van der Waals surface area (Å²) in [5.74, 6) is -1.48. The molecule has 0 radical (unpaired) electrons. The van der Waals surface area contributed by atoms with Crippen molar-refractivity contribution >= 4 is 17.8 Å². The first-order valence-electron chi connectivity index (χ1n) is 7.49. The number of aliphatic carboxylic acids is 1. The maximum absolute atomic E-state index is 12.0. The zero-order valence-electron chi connectivity index (χ0n) is 13.3. The second kappa shape index (κ2) is 12.3. The van der Waals surface area contributed by atoms with Gasteiger partial charge in [-0.25, -0.2) is 0 Å². The lowest BCUT2D eigenvalue weighted by Crippen LogP contribution is -3.00. The molecule has 0 atom stereocenters. The number of aromatic nitrogens is 1. The lowest BCUT2D eigenvalue weighted by molar-refractivity contribution is -0.684. The van der Waals surface area contributed by atoms with E-state index in [1.165, 1.54) is 0 Å². The van der Waals surface area contributed by atoms with Crippen LogP contribution in [0.4, 0.5) is 0 Å². The molecule has 24 heavy (non-hydrogen) atoms. The van der Waals surface area contributed by atoms with Crippen molar-refractivity contribution in [1.29, 1.82) is 0 Å². The highest BCUT2D eigenvalue weighted by Gasteiger charge is 2.13. The van der Waals surface area contributed by atoms with Crippen LogP contribution < -0.4 is 33.3 Å². The summed E-state index contributed by atoms with van der Waals surface area (Å²) in [4.78, 5) is 34.0. The maximum atomic E-state index is 12.0. The van der Waals surface area contributed by atoms with E-state index < -0.39 is 5.97 Å². The SMILES string of the molecule is NCCCCNC(=O)c1ccc[n+](CC(=O)NCCC(=O)O)c1.[Cl-]. The highest BCUT2D eigenvalue weighted by molar-refractivity contribution is 5.93. The van der Waals surface area contributed by atoms with E-state index in [2.05, 4.69) is 10.6 Å². The molecular weight excluding hydrogens is 336 g/mol. The summed E-state index contributed by atoms with van der Waals surface area (Å²) in [5.41, 5.74) is 5.84. The van der Waals surface area contributed by atoms with Gasteiger partial charge in [0.2, 0.25) is 6.54 Å². The fourth-order valence-corrected chi connectivity index (χ4v) is 1.86. The predicted molar refractivity (Wildman–Crippen MR) is 82.5 cm³/mol. The van der Waals surface area contributed by atoms with Crippen LogP contribution in [0.15, 0.2) is 24.5 Å². The van der Waals surface area contributed by atoms with Crippen LogP contribution in [-0.2, 0) is 16.1 Å². The number of unbranched alkanes of at least 4 members (excludes halogenated alkanes) is 1. The molecular formula is C15H23ClN4O4. The second-order valence-electron chi connectivity index (χ2n) is 5.01. The molecule has 0 aliphatic rings. The fraction of sp³-hybridized carbons (Fsp3) is 0.467. The topological polar surface area (TPSA) is 125 Å². The third kappa shape index (κ3) is 9.06. The number of rotatable bonds is 10. The number of nitrogens with two attached hydrogens (primary N) is 1. The zero-order valence-corrected chi connectivity index (χ0v) is 14.1. The minimum absolute atomic E-state index is 0. The zero-order chi connectivity index (χ0) is 17.1. The van der Waals surface area contributed by atoms with Crippen LogP contribution in [-0.4, -0.2) is 42.5 Å². The average Bonchev–Trinajstić information content (AvgIpc) is 2.51. The molecule has 1 aromatic heterocycles. The molecule has 9 heteroatoms. The molecule has 8 nitrogen and oxygen atoms in total. The van der Waals surface area contributed by atoms with Gasteiger partial charge in [-0.15, -0.1) is 0 Å². The first-order valence-corrected chi connectivity index (χ1v) is 7.49. The lowest BCUT2D eigenvalue weighted by atomic mass is 10.2. The van der Waals surface area contributed by atoms with Gasteiger partial charge in [0.1, 0.15) is 5.56 Å². The molecule has 0 aromatic carbocycles. The van der Waals surface area contributed by atoms with E-state index in [9.17, 15) is 14.4 Å². The van der Waals surface area contributed by atoms with Gasteiger partial charge in [0.05, 0.1) is 6.42 Å². The number of nitrogens with one attached hydrogen (secondary N) is 2. The summed E-state index contributed by atoms with van der Waals surface area (Å²) in [5, 5.41) is 13.8. The van der Waals surface area contributed by atoms with E-state index in [1.807, 2.05) is 0 Å². The van der Waals surface area contributed by atoms with Crippen LogP contribution in [0, 0.1) is 0 Å². The summed E-state index contributed by atoms with van der Waals surface area (Å²) >= 11 is 0. The molecule has 1 aromatic rings. The molecule has 0 unspecified atom stereocenters. The van der Waals surface area contributed by atoms with Gasteiger partial charge in [-0.1, -0.05) is 0 Å². The Balaban J connectivity index is 0.00000529. The summed E-state index contributed by atoms with van der Waals surface area (Å²) in [6.45, 7) is 1.25. The van der Waals surface area contributed by atoms with Crippen molar-refractivity contribution in [1.82, 2.24) is 10.6 Å². The predicted octanol–water partition coefficient (Wildman–Crippen LogP) is -3.96. The molecule has 134 valence electrons. The Kier molecular flexibility index (Phi) is 11.1. The van der Waals surface area contributed by atoms with Crippen molar-refractivity contribution < 1.29 is 36.5 Å². The van der Waals surface area contributed by atoms with Crippen molar-refractivity contribution in [3.05, 3.63) is 30.1 Å².